The van der Waals surface area contributed by atoms with Gasteiger partial charge in [-0.1, -0.05) is 66.2 Å². The Balaban J connectivity index is 1.83. The van der Waals surface area contributed by atoms with Crippen LogP contribution in [0.25, 0.3) is 5.65 Å². The molecule has 0 saturated carbocycles. The van der Waals surface area contributed by atoms with E-state index in [9.17, 15) is 4.79 Å². The maximum Gasteiger partial charge on any atom is 0.196 e. The summed E-state index contributed by atoms with van der Waals surface area (Å²) >= 11 is 13.5. The molecule has 124 valence electrons. The summed E-state index contributed by atoms with van der Waals surface area (Å²) in [5.41, 5.74) is 2.42. The van der Waals surface area contributed by atoms with Crippen LogP contribution in [0, 0.1) is 0 Å². The summed E-state index contributed by atoms with van der Waals surface area (Å²) in [7, 11) is 0. The number of hydrogen-bond acceptors (Lipinski definition) is 4. The molecule has 0 unspecified atom stereocenters. The molecule has 4 nitrogen and oxygen atoms in total. The van der Waals surface area contributed by atoms with Crippen LogP contribution in [0.1, 0.15) is 29.8 Å². The molecular formula is C17H15Cl2N3OS. The quantitative estimate of drug-likeness (QED) is 0.464. The van der Waals surface area contributed by atoms with Gasteiger partial charge in [0.2, 0.25) is 0 Å². The molecule has 1 atom stereocenters. The van der Waals surface area contributed by atoms with Crippen LogP contribution in [-0.4, -0.2) is 25.6 Å². The third kappa shape index (κ3) is 3.43. The van der Waals surface area contributed by atoms with Crippen molar-refractivity contribution in [3.8, 4) is 0 Å². The van der Waals surface area contributed by atoms with Gasteiger partial charge in [-0.05, 0) is 25.0 Å². The molecule has 0 fully saturated rings. The first-order valence-electron chi connectivity index (χ1n) is 7.49. The molecule has 7 heteroatoms. The fraction of sp³-hybridized carbons (Fsp3) is 0.235. The molecule has 0 radical (unpaired) electrons. The van der Waals surface area contributed by atoms with Crippen LogP contribution >= 0.6 is 35.0 Å². The van der Waals surface area contributed by atoms with Gasteiger partial charge in [0.25, 0.3) is 0 Å². The molecule has 0 aliphatic carbocycles. The van der Waals surface area contributed by atoms with Crippen LogP contribution in [0.2, 0.25) is 10.0 Å². The molecule has 3 aromatic rings. The van der Waals surface area contributed by atoms with Crippen molar-refractivity contribution in [3.63, 3.8) is 0 Å². The molecule has 1 aromatic carbocycles. The van der Waals surface area contributed by atoms with Crippen LogP contribution in [0.5, 0.6) is 0 Å². The molecule has 3 rings (SSSR count). The molecule has 2 heterocycles. The van der Waals surface area contributed by atoms with E-state index in [-0.39, 0.29) is 11.0 Å². The topological polar surface area (TPSA) is 47.3 Å². The number of rotatable bonds is 5. The van der Waals surface area contributed by atoms with Crippen molar-refractivity contribution in [2.45, 2.75) is 30.7 Å². The Morgan fingerprint density at radius 3 is 2.62 bits per heavy atom. The van der Waals surface area contributed by atoms with Crippen molar-refractivity contribution in [2.75, 3.05) is 0 Å². The maximum absolute atomic E-state index is 12.6. The van der Waals surface area contributed by atoms with Gasteiger partial charge >= 0.3 is 0 Å². The number of Topliss-reactive ketones (excluding diaryl/α,β-unsaturated/α-hetero) is 1. The smallest absolute Gasteiger partial charge is 0.196 e. The lowest BCUT2D eigenvalue weighted by Gasteiger charge is -2.09. The van der Waals surface area contributed by atoms with E-state index in [4.69, 9.17) is 23.2 Å². The van der Waals surface area contributed by atoms with Crippen molar-refractivity contribution < 1.29 is 4.79 Å². The van der Waals surface area contributed by atoms with Crippen molar-refractivity contribution in [2.24, 2.45) is 0 Å². The summed E-state index contributed by atoms with van der Waals surface area (Å²) in [6.45, 7) is 3.94. The first-order valence-corrected chi connectivity index (χ1v) is 9.12. The van der Waals surface area contributed by atoms with Crippen molar-refractivity contribution in [1.82, 2.24) is 14.6 Å². The van der Waals surface area contributed by atoms with E-state index < -0.39 is 0 Å². The fourth-order valence-corrected chi connectivity index (χ4v) is 3.74. The van der Waals surface area contributed by atoms with Crippen LogP contribution in [-0.2, 0) is 6.42 Å². The van der Waals surface area contributed by atoms with Gasteiger partial charge in [-0.25, -0.2) is 0 Å². The van der Waals surface area contributed by atoms with E-state index in [1.807, 2.05) is 31.2 Å². The summed E-state index contributed by atoms with van der Waals surface area (Å²) < 4.78 is 1.71. The molecule has 24 heavy (non-hydrogen) atoms. The zero-order valence-electron chi connectivity index (χ0n) is 13.2. The zero-order chi connectivity index (χ0) is 17.3. The first kappa shape index (κ1) is 17.3. The Bertz CT molecular complexity index is 893. The number of carbonyl (C=O) groups is 1. The highest BCUT2D eigenvalue weighted by atomic mass is 35.5. The second-order valence-corrected chi connectivity index (χ2v) is 7.51. The number of halogens is 2. The van der Waals surface area contributed by atoms with Gasteiger partial charge in [0.15, 0.2) is 16.6 Å². The van der Waals surface area contributed by atoms with Crippen molar-refractivity contribution in [1.29, 1.82) is 0 Å². The Morgan fingerprint density at radius 2 is 1.96 bits per heavy atom. The van der Waals surface area contributed by atoms with Gasteiger partial charge in [0.1, 0.15) is 0 Å². The average molecular weight is 380 g/mol. The SMILES string of the molecule is CCc1ccc(C(=O)[C@H](C)Sc2nnc3c(Cl)cc(Cl)cn23)cc1. The molecule has 0 N–H and O–H groups in total. The second kappa shape index (κ2) is 7.13. The monoisotopic (exact) mass is 379 g/mol. The van der Waals surface area contributed by atoms with E-state index in [0.29, 0.717) is 26.4 Å². The minimum absolute atomic E-state index is 0.0486. The summed E-state index contributed by atoms with van der Waals surface area (Å²) in [6.07, 6.45) is 2.64. The number of hydrogen-bond donors (Lipinski definition) is 0. The van der Waals surface area contributed by atoms with Gasteiger partial charge < -0.3 is 0 Å². The second-order valence-electron chi connectivity index (χ2n) is 5.36. The molecule has 0 spiro atoms. The van der Waals surface area contributed by atoms with E-state index in [0.717, 1.165) is 6.42 Å². The number of fused-ring (bicyclic) bond motifs is 1. The third-order valence-corrected chi connectivity index (χ3v) is 5.23. The Hall–Kier alpha value is -1.56. The van der Waals surface area contributed by atoms with E-state index in [2.05, 4.69) is 17.1 Å². The normalized spacial score (nSPS) is 12.5. The molecular weight excluding hydrogens is 365 g/mol. The highest BCUT2D eigenvalue weighted by molar-refractivity contribution is 8.00. The van der Waals surface area contributed by atoms with Crippen LogP contribution < -0.4 is 0 Å². The molecule has 0 aliphatic rings. The lowest BCUT2D eigenvalue weighted by atomic mass is 10.1. The molecule has 0 bridgehead atoms. The predicted octanol–water partition coefficient (Wildman–Crippen LogP) is 4.96. The lowest BCUT2D eigenvalue weighted by Crippen LogP contribution is -2.14. The van der Waals surface area contributed by atoms with Crippen molar-refractivity contribution in [3.05, 3.63) is 57.7 Å². The Labute approximate surface area is 154 Å². The Kier molecular flexibility index (Phi) is 5.13. The maximum atomic E-state index is 12.6. The van der Waals surface area contributed by atoms with Crippen LogP contribution in [0.15, 0.2) is 41.7 Å². The number of thioether (sulfide) groups is 1. The van der Waals surface area contributed by atoms with Gasteiger partial charge in [-0.3, -0.25) is 9.20 Å². The van der Waals surface area contributed by atoms with Gasteiger partial charge in [0, 0.05) is 11.8 Å². The largest absolute Gasteiger partial charge is 0.293 e. The zero-order valence-corrected chi connectivity index (χ0v) is 15.5. The highest BCUT2D eigenvalue weighted by Gasteiger charge is 2.20. The Morgan fingerprint density at radius 1 is 1.25 bits per heavy atom. The van der Waals surface area contributed by atoms with Crippen LogP contribution in [0.4, 0.5) is 0 Å². The van der Waals surface area contributed by atoms with Crippen LogP contribution in [0.3, 0.4) is 0 Å². The number of aryl methyl sites for hydroxylation is 1. The van der Waals surface area contributed by atoms with E-state index in [1.165, 1.54) is 17.3 Å². The summed E-state index contributed by atoms with van der Waals surface area (Å²) in [4.78, 5) is 12.6. The number of ketones is 1. The summed E-state index contributed by atoms with van der Waals surface area (Å²) in [5.74, 6) is 0.0486. The van der Waals surface area contributed by atoms with E-state index in [1.54, 1.807) is 16.7 Å². The van der Waals surface area contributed by atoms with Gasteiger partial charge in [-0.2, -0.15) is 0 Å². The molecule has 0 saturated heterocycles. The lowest BCUT2D eigenvalue weighted by molar-refractivity contribution is 0.0994. The average Bonchev–Trinajstić information content (AvgIpc) is 2.97. The molecule has 0 aliphatic heterocycles. The minimum atomic E-state index is -0.303. The molecule has 0 amide bonds. The number of aromatic nitrogens is 3. The summed E-state index contributed by atoms with van der Waals surface area (Å²) in [5, 5.41) is 9.38. The first-order chi connectivity index (χ1) is 11.5. The van der Waals surface area contributed by atoms with E-state index >= 15 is 0 Å². The third-order valence-electron chi connectivity index (χ3n) is 3.69. The number of pyridine rings is 1. The number of carbonyl (C=O) groups excluding carboxylic acids is 1. The minimum Gasteiger partial charge on any atom is -0.293 e. The summed E-state index contributed by atoms with van der Waals surface area (Å²) in [6, 6.07) is 9.32. The number of benzene rings is 1. The van der Waals surface area contributed by atoms with Gasteiger partial charge in [-0.15, -0.1) is 10.2 Å². The van der Waals surface area contributed by atoms with Gasteiger partial charge in [0.05, 0.1) is 15.3 Å². The highest BCUT2D eigenvalue weighted by Crippen LogP contribution is 2.28. The predicted molar refractivity (Wildman–Crippen MR) is 98.5 cm³/mol. The standard InChI is InChI=1S/C17H15Cl2N3OS/c1-3-11-4-6-12(7-5-11)15(23)10(2)24-17-21-20-16-14(19)8-13(18)9-22(16)17/h4-10H,3H2,1-2H3/t10-/m0/s1. The van der Waals surface area contributed by atoms with Crippen molar-refractivity contribution >= 4 is 46.4 Å². The number of nitrogens with zero attached hydrogens (tertiary/aromatic N) is 3. The fourth-order valence-electron chi connectivity index (χ4n) is 2.33. The molecule has 2 aromatic heterocycles.